The van der Waals surface area contributed by atoms with E-state index in [2.05, 4.69) is 0 Å². The van der Waals surface area contributed by atoms with Crippen molar-refractivity contribution in [3.05, 3.63) is 30.3 Å². The predicted octanol–water partition coefficient (Wildman–Crippen LogP) is 2.41. The molecule has 1 aromatic rings. The van der Waals surface area contributed by atoms with Crippen LogP contribution in [0.25, 0.3) is 0 Å². The Hall–Kier alpha value is -1.09. The average Bonchev–Trinajstić information content (AvgIpc) is 2.19. The molecule has 2 nitrogen and oxygen atoms in total. The van der Waals surface area contributed by atoms with Crippen LogP contribution in [0.5, 0.6) is 5.75 Å². The highest BCUT2D eigenvalue weighted by molar-refractivity contribution is 5.20. The van der Waals surface area contributed by atoms with Gasteiger partial charge in [0.1, 0.15) is 11.9 Å². The summed E-state index contributed by atoms with van der Waals surface area (Å²) in [4.78, 5) is 5.52. The van der Waals surface area contributed by atoms with Crippen molar-refractivity contribution < 1.29 is 9.23 Å². The molecule has 1 saturated heterocycles. The first-order valence-electron chi connectivity index (χ1n) is 4.96. The van der Waals surface area contributed by atoms with E-state index in [4.69, 9.17) is 4.84 Å². The third kappa shape index (κ3) is 2.45. The molecule has 76 valence electrons. The Morgan fingerprint density at radius 3 is 2.79 bits per heavy atom. The molecule has 1 aromatic carbocycles. The molecule has 1 heterocycles. The summed E-state index contributed by atoms with van der Waals surface area (Å²) in [5, 5.41) is 1.70. The fourth-order valence-electron chi connectivity index (χ4n) is 1.61. The van der Waals surface area contributed by atoms with E-state index in [9.17, 15) is 4.39 Å². The lowest BCUT2D eigenvalue weighted by Gasteiger charge is -2.28. The van der Waals surface area contributed by atoms with Crippen LogP contribution in [-0.2, 0) is 0 Å². The zero-order chi connectivity index (χ0) is 9.80. The maximum atomic E-state index is 13.0. The number of alkyl halides is 1. The van der Waals surface area contributed by atoms with Gasteiger partial charge in [-0.1, -0.05) is 18.2 Å². The summed E-state index contributed by atoms with van der Waals surface area (Å²) in [6, 6.07) is 9.50. The SMILES string of the molecule is FC1CCCN(Oc2ccccc2)C1. The van der Waals surface area contributed by atoms with E-state index in [0.29, 0.717) is 13.0 Å². The molecule has 14 heavy (non-hydrogen) atoms. The first-order valence-corrected chi connectivity index (χ1v) is 4.96. The van der Waals surface area contributed by atoms with Crippen LogP contribution < -0.4 is 4.84 Å². The minimum Gasteiger partial charge on any atom is -0.406 e. The Morgan fingerprint density at radius 2 is 2.07 bits per heavy atom. The molecule has 0 radical (unpaired) electrons. The Kier molecular flexibility index (Phi) is 2.99. The fraction of sp³-hybridized carbons (Fsp3) is 0.455. The highest BCUT2D eigenvalue weighted by Gasteiger charge is 2.20. The number of benzene rings is 1. The van der Waals surface area contributed by atoms with E-state index in [1.54, 1.807) is 5.06 Å². The Morgan fingerprint density at radius 1 is 1.29 bits per heavy atom. The third-order valence-corrected chi connectivity index (χ3v) is 2.30. The summed E-state index contributed by atoms with van der Waals surface area (Å²) in [5.41, 5.74) is 0. The van der Waals surface area contributed by atoms with Gasteiger partial charge in [0.25, 0.3) is 0 Å². The number of halogens is 1. The molecule has 2 rings (SSSR count). The number of rotatable bonds is 2. The second-order valence-corrected chi connectivity index (χ2v) is 3.53. The van der Waals surface area contributed by atoms with E-state index in [0.717, 1.165) is 18.7 Å². The van der Waals surface area contributed by atoms with Crippen LogP contribution in [0.4, 0.5) is 4.39 Å². The van der Waals surface area contributed by atoms with E-state index in [1.807, 2.05) is 30.3 Å². The number of hydrogen-bond acceptors (Lipinski definition) is 2. The van der Waals surface area contributed by atoms with Crippen molar-refractivity contribution in [1.29, 1.82) is 0 Å². The van der Waals surface area contributed by atoms with Crippen molar-refractivity contribution in [3.8, 4) is 5.75 Å². The molecular formula is C11H14FNO. The molecule has 0 aromatic heterocycles. The van der Waals surface area contributed by atoms with Crippen molar-refractivity contribution >= 4 is 0 Å². The quantitative estimate of drug-likeness (QED) is 0.718. The van der Waals surface area contributed by atoms with Crippen molar-refractivity contribution in [3.63, 3.8) is 0 Å². The number of hydrogen-bond donors (Lipinski definition) is 0. The largest absolute Gasteiger partial charge is 0.406 e. The molecule has 0 bridgehead atoms. The van der Waals surface area contributed by atoms with Gasteiger partial charge in [-0.2, -0.15) is 0 Å². The van der Waals surface area contributed by atoms with Crippen molar-refractivity contribution in [1.82, 2.24) is 5.06 Å². The maximum Gasteiger partial charge on any atom is 0.147 e. The van der Waals surface area contributed by atoms with E-state index >= 15 is 0 Å². The molecule has 1 aliphatic heterocycles. The molecule has 3 heteroatoms. The Labute approximate surface area is 83.2 Å². The summed E-state index contributed by atoms with van der Waals surface area (Å²) < 4.78 is 13.0. The summed E-state index contributed by atoms with van der Waals surface area (Å²) >= 11 is 0. The van der Waals surface area contributed by atoms with Crippen molar-refractivity contribution in [2.45, 2.75) is 19.0 Å². The zero-order valence-corrected chi connectivity index (χ0v) is 8.03. The molecule has 1 aliphatic rings. The number of piperidine rings is 1. The zero-order valence-electron chi connectivity index (χ0n) is 8.03. The average molecular weight is 195 g/mol. The van der Waals surface area contributed by atoms with Crippen LogP contribution in [0.15, 0.2) is 30.3 Å². The van der Waals surface area contributed by atoms with Gasteiger partial charge < -0.3 is 4.84 Å². The van der Waals surface area contributed by atoms with Gasteiger partial charge in [-0.3, -0.25) is 0 Å². The van der Waals surface area contributed by atoms with Crippen molar-refractivity contribution in [2.75, 3.05) is 13.1 Å². The van der Waals surface area contributed by atoms with Gasteiger partial charge in [0.2, 0.25) is 0 Å². The molecule has 1 unspecified atom stereocenters. The molecule has 0 saturated carbocycles. The number of nitrogens with zero attached hydrogens (tertiary/aromatic N) is 1. The van der Waals surface area contributed by atoms with Crippen LogP contribution in [0.3, 0.4) is 0 Å². The lowest BCUT2D eigenvalue weighted by atomic mass is 10.1. The van der Waals surface area contributed by atoms with Gasteiger partial charge in [0, 0.05) is 6.54 Å². The van der Waals surface area contributed by atoms with E-state index in [-0.39, 0.29) is 0 Å². The standard InChI is InChI=1S/C11H14FNO/c12-10-5-4-8-13(9-10)14-11-6-2-1-3-7-11/h1-3,6-7,10H,4-5,8-9H2. The molecule has 0 spiro atoms. The number of para-hydroxylation sites is 1. The third-order valence-electron chi connectivity index (χ3n) is 2.30. The predicted molar refractivity (Wildman–Crippen MR) is 52.8 cm³/mol. The molecular weight excluding hydrogens is 181 g/mol. The summed E-state index contributed by atoms with van der Waals surface area (Å²) in [7, 11) is 0. The van der Waals surface area contributed by atoms with Gasteiger partial charge >= 0.3 is 0 Å². The second kappa shape index (κ2) is 4.42. The first-order chi connectivity index (χ1) is 6.84. The van der Waals surface area contributed by atoms with Crippen LogP contribution in [-0.4, -0.2) is 24.3 Å². The molecule has 0 aliphatic carbocycles. The van der Waals surface area contributed by atoms with Gasteiger partial charge in [0.15, 0.2) is 0 Å². The smallest absolute Gasteiger partial charge is 0.147 e. The number of hydroxylamine groups is 2. The Bertz CT molecular complexity index is 278. The molecule has 0 N–H and O–H groups in total. The summed E-state index contributed by atoms with van der Waals surface area (Å²) in [5.74, 6) is 0.779. The Balaban J connectivity index is 1.91. The van der Waals surface area contributed by atoms with Crippen LogP contribution in [0.2, 0.25) is 0 Å². The second-order valence-electron chi connectivity index (χ2n) is 3.53. The first kappa shape index (κ1) is 9.46. The van der Waals surface area contributed by atoms with E-state index in [1.165, 1.54) is 0 Å². The minimum atomic E-state index is -0.743. The van der Waals surface area contributed by atoms with Crippen LogP contribution >= 0.6 is 0 Å². The molecule has 0 amide bonds. The van der Waals surface area contributed by atoms with Crippen LogP contribution in [0.1, 0.15) is 12.8 Å². The molecule has 1 fully saturated rings. The lowest BCUT2D eigenvalue weighted by Crippen LogP contribution is -2.38. The van der Waals surface area contributed by atoms with Gasteiger partial charge in [0.05, 0.1) is 6.54 Å². The van der Waals surface area contributed by atoms with Crippen LogP contribution in [0, 0.1) is 0 Å². The highest BCUT2D eigenvalue weighted by Crippen LogP contribution is 2.16. The van der Waals surface area contributed by atoms with Gasteiger partial charge in [-0.15, -0.1) is 5.06 Å². The summed E-state index contributed by atoms with van der Waals surface area (Å²) in [6.45, 7) is 1.20. The fourth-order valence-corrected chi connectivity index (χ4v) is 1.61. The monoisotopic (exact) mass is 195 g/mol. The highest BCUT2D eigenvalue weighted by atomic mass is 19.1. The topological polar surface area (TPSA) is 12.5 Å². The van der Waals surface area contributed by atoms with Gasteiger partial charge in [-0.25, -0.2) is 4.39 Å². The normalized spacial score (nSPS) is 23.4. The van der Waals surface area contributed by atoms with Gasteiger partial charge in [-0.05, 0) is 25.0 Å². The molecule has 1 atom stereocenters. The maximum absolute atomic E-state index is 13.0. The van der Waals surface area contributed by atoms with Crippen molar-refractivity contribution in [2.24, 2.45) is 0 Å². The van der Waals surface area contributed by atoms with E-state index < -0.39 is 6.17 Å². The minimum absolute atomic E-state index is 0.384. The summed E-state index contributed by atoms with van der Waals surface area (Å²) in [6.07, 6.45) is 0.787. The lowest BCUT2D eigenvalue weighted by molar-refractivity contribution is -0.0913.